The Morgan fingerprint density at radius 3 is 2.89 bits per heavy atom. The van der Waals surface area contributed by atoms with E-state index in [4.69, 9.17) is 9.84 Å². The van der Waals surface area contributed by atoms with Gasteiger partial charge in [-0.15, -0.1) is 0 Å². The molecule has 5 nitrogen and oxygen atoms in total. The van der Waals surface area contributed by atoms with Crippen molar-refractivity contribution in [1.82, 2.24) is 4.90 Å². The minimum Gasteiger partial charge on any atom is -0.395 e. The zero-order valence-corrected chi connectivity index (χ0v) is 13.1. The molecular formula is C13H19IN2O3. The number of hydrogen-bond acceptors (Lipinski definition) is 4. The second-order valence-electron chi connectivity index (χ2n) is 4.05. The maximum Gasteiger partial charge on any atom is 0.238 e. The third-order valence-corrected chi connectivity index (χ3v) is 3.17. The molecule has 1 aromatic rings. The average Bonchev–Trinajstić information content (AvgIpc) is 2.36. The highest BCUT2D eigenvalue weighted by Crippen LogP contribution is 2.12. The lowest BCUT2D eigenvalue weighted by Crippen LogP contribution is -2.37. The Labute approximate surface area is 127 Å². The van der Waals surface area contributed by atoms with Crippen molar-refractivity contribution in [3.63, 3.8) is 0 Å². The number of nitrogens with zero attached hydrogens (tertiary/aromatic N) is 1. The fourth-order valence-corrected chi connectivity index (χ4v) is 2.14. The van der Waals surface area contributed by atoms with Crippen LogP contribution in [0.2, 0.25) is 0 Å². The Hall–Kier alpha value is -0.700. The Morgan fingerprint density at radius 1 is 1.47 bits per heavy atom. The van der Waals surface area contributed by atoms with Crippen LogP contribution in [0.4, 0.5) is 5.69 Å². The lowest BCUT2D eigenvalue weighted by atomic mass is 10.3. The molecule has 1 aromatic carbocycles. The normalized spacial score (nSPS) is 10.7. The molecule has 0 aliphatic heterocycles. The third kappa shape index (κ3) is 6.86. The minimum atomic E-state index is -0.0912. The minimum absolute atomic E-state index is 0.0280. The van der Waals surface area contributed by atoms with Gasteiger partial charge in [-0.3, -0.25) is 9.69 Å². The van der Waals surface area contributed by atoms with E-state index in [0.717, 1.165) is 9.26 Å². The van der Waals surface area contributed by atoms with E-state index in [-0.39, 0.29) is 19.1 Å². The lowest BCUT2D eigenvalue weighted by Gasteiger charge is -2.20. The van der Waals surface area contributed by atoms with E-state index in [1.165, 1.54) is 0 Å². The van der Waals surface area contributed by atoms with Crippen LogP contribution in [0.5, 0.6) is 0 Å². The number of benzene rings is 1. The largest absolute Gasteiger partial charge is 0.395 e. The van der Waals surface area contributed by atoms with E-state index in [0.29, 0.717) is 19.7 Å². The summed E-state index contributed by atoms with van der Waals surface area (Å²) in [7, 11) is 1.61. The van der Waals surface area contributed by atoms with E-state index >= 15 is 0 Å². The molecule has 19 heavy (non-hydrogen) atoms. The van der Waals surface area contributed by atoms with Crippen LogP contribution in [-0.2, 0) is 9.53 Å². The summed E-state index contributed by atoms with van der Waals surface area (Å²) in [6.45, 7) is 1.89. The molecule has 106 valence electrons. The number of aliphatic hydroxyl groups excluding tert-OH is 1. The first-order valence-electron chi connectivity index (χ1n) is 6.03. The number of methoxy groups -OCH3 is 1. The van der Waals surface area contributed by atoms with Gasteiger partial charge in [-0.1, -0.05) is 6.07 Å². The van der Waals surface area contributed by atoms with Gasteiger partial charge in [0.2, 0.25) is 5.91 Å². The second kappa shape index (κ2) is 9.24. The quantitative estimate of drug-likeness (QED) is 0.667. The van der Waals surface area contributed by atoms with Gasteiger partial charge in [-0.05, 0) is 40.8 Å². The summed E-state index contributed by atoms with van der Waals surface area (Å²) in [6, 6.07) is 7.62. The van der Waals surface area contributed by atoms with Gasteiger partial charge >= 0.3 is 0 Å². The zero-order valence-electron chi connectivity index (χ0n) is 10.9. The molecule has 0 aliphatic rings. The van der Waals surface area contributed by atoms with E-state index in [2.05, 4.69) is 27.9 Å². The molecule has 0 heterocycles. The Balaban J connectivity index is 2.47. The molecule has 0 bridgehead atoms. The van der Waals surface area contributed by atoms with Crippen LogP contribution in [0.1, 0.15) is 0 Å². The zero-order chi connectivity index (χ0) is 14.1. The van der Waals surface area contributed by atoms with Gasteiger partial charge in [0.1, 0.15) is 0 Å². The number of carbonyl (C=O) groups is 1. The van der Waals surface area contributed by atoms with Crippen LogP contribution in [0.3, 0.4) is 0 Å². The molecule has 0 saturated carbocycles. The molecule has 6 heteroatoms. The van der Waals surface area contributed by atoms with E-state index in [9.17, 15) is 4.79 Å². The van der Waals surface area contributed by atoms with Crippen molar-refractivity contribution in [2.75, 3.05) is 45.3 Å². The fourth-order valence-electron chi connectivity index (χ4n) is 1.60. The predicted molar refractivity (Wildman–Crippen MR) is 83.2 cm³/mol. The highest BCUT2D eigenvalue weighted by atomic mass is 127. The summed E-state index contributed by atoms with van der Waals surface area (Å²) in [4.78, 5) is 13.7. The SMILES string of the molecule is COCCN(CCO)CC(=O)Nc1cccc(I)c1. The first-order chi connectivity index (χ1) is 9.15. The monoisotopic (exact) mass is 378 g/mol. The number of anilines is 1. The second-order valence-corrected chi connectivity index (χ2v) is 5.30. The van der Waals surface area contributed by atoms with Crippen molar-refractivity contribution in [3.8, 4) is 0 Å². The van der Waals surface area contributed by atoms with E-state index in [1.54, 1.807) is 7.11 Å². The van der Waals surface area contributed by atoms with Crippen molar-refractivity contribution in [2.24, 2.45) is 0 Å². The summed E-state index contributed by atoms with van der Waals surface area (Å²) in [5.41, 5.74) is 0.785. The highest BCUT2D eigenvalue weighted by Gasteiger charge is 2.10. The molecule has 0 saturated heterocycles. The standard InChI is InChI=1S/C13H19IN2O3/c1-19-8-6-16(5-7-17)10-13(18)15-12-4-2-3-11(14)9-12/h2-4,9,17H,5-8,10H2,1H3,(H,15,18). The molecule has 0 spiro atoms. The number of rotatable bonds is 8. The fraction of sp³-hybridized carbons (Fsp3) is 0.462. The lowest BCUT2D eigenvalue weighted by molar-refractivity contribution is -0.117. The van der Waals surface area contributed by atoms with Crippen LogP contribution in [0.15, 0.2) is 24.3 Å². The number of nitrogens with one attached hydrogen (secondary N) is 1. The number of halogens is 1. The molecule has 2 N–H and O–H groups in total. The molecular weight excluding hydrogens is 359 g/mol. The van der Waals surface area contributed by atoms with Gasteiger partial charge in [0.15, 0.2) is 0 Å². The number of amides is 1. The topological polar surface area (TPSA) is 61.8 Å². The van der Waals surface area contributed by atoms with Crippen LogP contribution in [-0.4, -0.2) is 55.9 Å². The van der Waals surface area contributed by atoms with Crippen molar-refractivity contribution < 1.29 is 14.6 Å². The molecule has 1 rings (SSSR count). The number of carbonyl (C=O) groups excluding carboxylic acids is 1. The van der Waals surface area contributed by atoms with E-state index < -0.39 is 0 Å². The third-order valence-electron chi connectivity index (χ3n) is 2.50. The van der Waals surface area contributed by atoms with Gasteiger partial charge in [0, 0.05) is 29.5 Å². The summed E-state index contributed by atoms with van der Waals surface area (Å²) in [5, 5.41) is 11.8. The summed E-state index contributed by atoms with van der Waals surface area (Å²) in [6.07, 6.45) is 0. The molecule has 0 radical (unpaired) electrons. The van der Waals surface area contributed by atoms with Crippen LogP contribution >= 0.6 is 22.6 Å². The molecule has 0 unspecified atom stereocenters. The molecule has 0 atom stereocenters. The number of aliphatic hydroxyl groups is 1. The average molecular weight is 378 g/mol. The predicted octanol–water partition coefficient (Wildman–Crippen LogP) is 1.17. The summed E-state index contributed by atoms with van der Waals surface area (Å²) in [5.74, 6) is -0.0912. The smallest absolute Gasteiger partial charge is 0.238 e. The van der Waals surface area contributed by atoms with Crippen molar-refractivity contribution in [1.29, 1.82) is 0 Å². The first-order valence-corrected chi connectivity index (χ1v) is 7.11. The van der Waals surface area contributed by atoms with Crippen LogP contribution in [0.25, 0.3) is 0 Å². The Kier molecular flexibility index (Phi) is 7.96. The Bertz CT molecular complexity index is 401. The molecule has 0 fully saturated rings. The van der Waals surface area contributed by atoms with Gasteiger partial charge in [-0.2, -0.15) is 0 Å². The van der Waals surface area contributed by atoms with Crippen molar-refractivity contribution >= 4 is 34.2 Å². The van der Waals surface area contributed by atoms with Crippen molar-refractivity contribution in [2.45, 2.75) is 0 Å². The molecule has 0 aliphatic carbocycles. The van der Waals surface area contributed by atoms with Gasteiger partial charge in [0.25, 0.3) is 0 Å². The van der Waals surface area contributed by atoms with Gasteiger partial charge < -0.3 is 15.2 Å². The van der Waals surface area contributed by atoms with Gasteiger partial charge in [-0.25, -0.2) is 0 Å². The summed E-state index contributed by atoms with van der Waals surface area (Å²) >= 11 is 2.20. The number of hydrogen-bond donors (Lipinski definition) is 2. The van der Waals surface area contributed by atoms with Crippen LogP contribution < -0.4 is 5.32 Å². The highest BCUT2D eigenvalue weighted by molar-refractivity contribution is 14.1. The van der Waals surface area contributed by atoms with Gasteiger partial charge in [0.05, 0.1) is 19.8 Å². The maximum absolute atomic E-state index is 11.9. The number of ether oxygens (including phenoxy) is 1. The first kappa shape index (κ1) is 16.4. The maximum atomic E-state index is 11.9. The van der Waals surface area contributed by atoms with Crippen molar-refractivity contribution in [3.05, 3.63) is 27.8 Å². The molecule has 0 aromatic heterocycles. The summed E-state index contributed by atoms with van der Waals surface area (Å²) < 4.78 is 6.05. The van der Waals surface area contributed by atoms with E-state index in [1.807, 2.05) is 29.2 Å². The van der Waals surface area contributed by atoms with Crippen LogP contribution in [0, 0.1) is 3.57 Å². The Morgan fingerprint density at radius 2 is 2.26 bits per heavy atom. The molecule has 1 amide bonds.